The number of alkyl halides is 3. The zero-order valence-electron chi connectivity index (χ0n) is 21.1. The third-order valence-electron chi connectivity index (χ3n) is 6.00. The lowest BCUT2D eigenvalue weighted by atomic mass is 10.1. The van der Waals surface area contributed by atoms with E-state index < -0.39 is 25.2 Å². The van der Waals surface area contributed by atoms with E-state index in [-0.39, 0.29) is 0 Å². The van der Waals surface area contributed by atoms with Crippen molar-refractivity contribution < 1.29 is 22.8 Å². The Hall–Kier alpha value is -4.55. The maximum atomic E-state index is 12.5. The molecule has 3 heterocycles. The van der Waals surface area contributed by atoms with Gasteiger partial charge in [0.1, 0.15) is 13.1 Å². The zero-order valence-corrected chi connectivity index (χ0v) is 21.1. The Morgan fingerprint density at radius 1 is 1.16 bits per heavy atom. The van der Waals surface area contributed by atoms with Crippen LogP contribution in [-0.4, -0.2) is 63.4 Å². The Morgan fingerprint density at radius 2 is 1.92 bits per heavy atom. The van der Waals surface area contributed by atoms with E-state index in [1.54, 1.807) is 58.9 Å². The predicted molar refractivity (Wildman–Crippen MR) is 136 cm³/mol. The molecular formula is C25H25F3N8O2. The van der Waals surface area contributed by atoms with E-state index in [2.05, 4.69) is 15.1 Å². The summed E-state index contributed by atoms with van der Waals surface area (Å²) >= 11 is 0. The smallest absolute Gasteiger partial charge is 0.345 e. The SMILES string of the molecule is Cc1cccc(N(C=O)CC(=O)NCC(F)(F)F)c1N(C)c1cnc(-c2cncc3c2cnn3C)c(C)n1. The second-order valence-corrected chi connectivity index (χ2v) is 8.68. The lowest BCUT2D eigenvalue weighted by Crippen LogP contribution is -2.41. The molecule has 198 valence electrons. The summed E-state index contributed by atoms with van der Waals surface area (Å²) < 4.78 is 39.2. The van der Waals surface area contributed by atoms with Crippen LogP contribution in [-0.2, 0) is 16.6 Å². The number of anilines is 3. The van der Waals surface area contributed by atoms with Crippen molar-refractivity contribution in [3.05, 3.63) is 54.2 Å². The van der Waals surface area contributed by atoms with Gasteiger partial charge >= 0.3 is 6.18 Å². The minimum absolute atomic E-state index is 0.331. The quantitative estimate of drug-likeness (QED) is 0.350. The van der Waals surface area contributed by atoms with Crippen molar-refractivity contribution in [2.24, 2.45) is 7.05 Å². The maximum Gasteiger partial charge on any atom is 0.405 e. The van der Waals surface area contributed by atoms with Crippen LogP contribution in [0.1, 0.15) is 11.3 Å². The fourth-order valence-corrected chi connectivity index (χ4v) is 4.16. The zero-order chi connectivity index (χ0) is 27.6. The van der Waals surface area contributed by atoms with E-state index in [1.165, 1.54) is 0 Å². The molecule has 0 saturated carbocycles. The van der Waals surface area contributed by atoms with E-state index in [9.17, 15) is 22.8 Å². The van der Waals surface area contributed by atoms with E-state index in [0.29, 0.717) is 35.0 Å². The number of hydrogen-bond donors (Lipinski definition) is 1. The number of benzene rings is 1. The van der Waals surface area contributed by atoms with Gasteiger partial charge in [0.05, 0.1) is 46.9 Å². The molecule has 4 aromatic rings. The van der Waals surface area contributed by atoms with Crippen LogP contribution < -0.4 is 15.1 Å². The molecule has 0 aliphatic carbocycles. The maximum absolute atomic E-state index is 12.5. The number of aromatic nitrogens is 5. The Balaban J connectivity index is 1.66. The molecule has 13 heteroatoms. The highest BCUT2D eigenvalue weighted by Gasteiger charge is 2.28. The monoisotopic (exact) mass is 526 g/mol. The van der Waals surface area contributed by atoms with Crippen LogP contribution in [0.15, 0.2) is 43.0 Å². The van der Waals surface area contributed by atoms with Crippen molar-refractivity contribution in [1.82, 2.24) is 30.0 Å². The third kappa shape index (κ3) is 5.41. The Labute approximate surface area is 216 Å². The molecule has 2 amide bonds. The molecule has 0 aliphatic rings. The number of carbonyl (C=O) groups excluding carboxylic acids is 2. The molecule has 0 spiro atoms. The number of pyridine rings is 1. The van der Waals surface area contributed by atoms with Gasteiger partial charge in [0.2, 0.25) is 12.3 Å². The molecule has 0 atom stereocenters. The van der Waals surface area contributed by atoms with Gasteiger partial charge in [-0.05, 0) is 25.5 Å². The van der Waals surface area contributed by atoms with Gasteiger partial charge in [0.15, 0.2) is 5.82 Å². The van der Waals surface area contributed by atoms with E-state index in [1.807, 2.05) is 27.0 Å². The van der Waals surface area contributed by atoms with E-state index in [0.717, 1.165) is 26.9 Å². The number of rotatable bonds is 8. The van der Waals surface area contributed by atoms with Crippen LogP contribution in [0.4, 0.5) is 30.4 Å². The van der Waals surface area contributed by atoms with Gasteiger partial charge in [-0.3, -0.25) is 24.2 Å². The van der Waals surface area contributed by atoms with Crippen molar-refractivity contribution in [2.45, 2.75) is 20.0 Å². The summed E-state index contributed by atoms with van der Waals surface area (Å²) in [6.07, 6.45) is 2.59. The van der Waals surface area contributed by atoms with Gasteiger partial charge in [0.25, 0.3) is 0 Å². The molecule has 0 unspecified atom stereocenters. The highest BCUT2D eigenvalue weighted by atomic mass is 19.4. The molecule has 0 radical (unpaired) electrons. The first-order chi connectivity index (χ1) is 18.0. The summed E-state index contributed by atoms with van der Waals surface area (Å²) in [7, 11) is 3.55. The molecule has 4 rings (SSSR count). The van der Waals surface area contributed by atoms with Gasteiger partial charge < -0.3 is 15.1 Å². The molecule has 1 aromatic carbocycles. The minimum Gasteiger partial charge on any atom is -0.345 e. The van der Waals surface area contributed by atoms with Crippen molar-refractivity contribution in [1.29, 1.82) is 0 Å². The second-order valence-electron chi connectivity index (χ2n) is 8.68. The lowest BCUT2D eigenvalue weighted by molar-refractivity contribution is -0.137. The van der Waals surface area contributed by atoms with Crippen molar-refractivity contribution in [3.63, 3.8) is 0 Å². The van der Waals surface area contributed by atoms with Crippen LogP contribution in [0, 0.1) is 13.8 Å². The number of amides is 2. The van der Waals surface area contributed by atoms with Crippen LogP contribution in [0.3, 0.4) is 0 Å². The van der Waals surface area contributed by atoms with Gasteiger partial charge in [-0.15, -0.1) is 0 Å². The summed E-state index contributed by atoms with van der Waals surface area (Å²) in [6, 6.07) is 5.10. The summed E-state index contributed by atoms with van der Waals surface area (Å²) in [5.41, 5.74) is 4.51. The largest absolute Gasteiger partial charge is 0.405 e. The van der Waals surface area contributed by atoms with E-state index in [4.69, 9.17) is 4.98 Å². The van der Waals surface area contributed by atoms with Crippen LogP contribution in [0.2, 0.25) is 0 Å². The van der Waals surface area contributed by atoms with Crippen LogP contribution in [0.25, 0.3) is 22.2 Å². The van der Waals surface area contributed by atoms with Crippen LogP contribution >= 0.6 is 0 Å². The number of aryl methyl sites for hydroxylation is 3. The predicted octanol–water partition coefficient (Wildman–Crippen LogP) is 3.45. The van der Waals surface area contributed by atoms with E-state index >= 15 is 0 Å². The first-order valence-corrected chi connectivity index (χ1v) is 11.5. The molecule has 0 aliphatic heterocycles. The molecule has 3 aromatic heterocycles. The van der Waals surface area contributed by atoms with Gasteiger partial charge in [-0.1, -0.05) is 12.1 Å². The summed E-state index contributed by atoms with van der Waals surface area (Å²) in [5.74, 6) is -0.483. The number of nitrogens with one attached hydrogen (secondary N) is 1. The number of fused-ring (bicyclic) bond motifs is 1. The highest BCUT2D eigenvalue weighted by Crippen LogP contribution is 2.36. The Bertz CT molecular complexity index is 1500. The van der Waals surface area contributed by atoms with Gasteiger partial charge in [0, 0.05) is 31.2 Å². The highest BCUT2D eigenvalue weighted by molar-refractivity contribution is 5.95. The average molecular weight is 527 g/mol. The third-order valence-corrected chi connectivity index (χ3v) is 6.00. The fraction of sp³-hybridized carbons (Fsp3) is 0.280. The molecular weight excluding hydrogens is 501 g/mol. The number of nitrogens with zero attached hydrogens (tertiary/aromatic N) is 7. The van der Waals surface area contributed by atoms with Gasteiger partial charge in [-0.2, -0.15) is 18.3 Å². The first kappa shape index (κ1) is 26.5. The average Bonchev–Trinajstić information content (AvgIpc) is 3.26. The fourth-order valence-electron chi connectivity index (χ4n) is 4.16. The Morgan fingerprint density at radius 3 is 2.61 bits per heavy atom. The standard InChI is InChI=1S/C25H25F3N8O2/c1-15-6-5-7-19(36(14-37)12-22(38)31-13-25(26,27)28)24(15)34(3)21-11-30-23(16(2)33-21)18-8-29-10-20-17(18)9-32-35(20)4/h5-11,14H,12-13H2,1-4H3,(H,31,38). The second kappa shape index (κ2) is 10.4. The number of para-hydroxylation sites is 1. The van der Waals surface area contributed by atoms with Crippen LogP contribution in [0.5, 0.6) is 0 Å². The summed E-state index contributed by atoms with van der Waals surface area (Å²) in [6.45, 7) is 1.56. The summed E-state index contributed by atoms with van der Waals surface area (Å²) in [5, 5.41) is 6.95. The van der Waals surface area contributed by atoms with Crippen molar-refractivity contribution in [3.8, 4) is 11.3 Å². The van der Waals surface area contributed by atoms with Crippen molar-refractivity contribution in [2.75, 3.05) is 29.9 Å². The molecule has 1 N–H and O–H groups in total. The first-order valence-electron chi connectivity index (χ1n) is 11.5. The number of hydrogen-bond acceptors (Lipinski definition) is 7. The normalized spacial score (nSPS) is 11.4. The molecule has 10 nitrogen and oxygen atoms in total. The number of halogens is 3. The molecule has 38 heavy (non-hydrogen) atoms. The van der Waals surface area contributed by atoms with Crippen molar-refractivity contribution >= 4 is 40.4 Å². The Kier molecular flexibility index (Phi) is 7.28. The minimum atomic E-state index is -4.56. The van der Waals surface area contributed by atoms with Gasteiger partial charge in [-0.25, -0.2) is 4.98 Å². The number of carbonyl (C=O) groups is 2. The molecule has 0 saturated heterocycles. The molecule has 0 bridgehead atoms. The lowest BCUT2D eigenvalue weighted by Gasteiger charge is -2.28. The summed E-state index contributed by atoms with van der Waals surface area (Å²) in [4.78, 5) is 40.4. The molecule has 0 fully saturated rings. The topological polar surface area (TPSA) is 109 Å².